The van der Waals surface area contributed by atoms with Crippen LogP contribution in [0.5, 0.6) is 0 Å². The quantitative estimate of drug-likeness (QED) is 0.603. The summed E-state index contributed by atoms with van der Waals surface area (Å²) in [7, 11) is 0. The predicted octanol–water partition coefficient (Wildman–Crippen LogP) is 2.85. The van der Waals surface area contributed by atoms with Crippen LogP contribution in [0.15, 0.2) is 22.7 Å². The number of nitro groups is 1. The minimum Gasteiger partial charge on any atom is -0.346 e. The van der Waals surface area contributed by atoms with Crippen LogP contribution in [-0.4, -0.2) is 22.9 Å². The third-order valence-electron chi connectivity index (χ3n) is 3.13. The SMILES string of the molecule is CC(C)CC(C)(CN)NC(=O)c1cc([N+](=O)[O-])ccc1Br. The Bertz CT molecular complexity index is 548. The molecule has 0 saturated carbocycles. The molecule has 0 bridgehead atoms. The topological polar surface area (TPSA) is 98.3 Å². The fraction of sp³-hybridized carbons (Fsp3) is 0.500. The summed E-state index contributed by atoms with van der Waals surface area (Å²) in [4.78, 5) is 22.7. The first kappa shape index (κ1) is 17.6. The Morgan fingerprint density at radius 3 is 2.62 bits per heavy atom. The summed E-state index contributed by atoms with van der Waals surface area (Å²) in [6, 6.07) is 4.10. The van der Waals surface area contributed by atoms with Crippen molar-refractivity contribution < 1.29 is 9.72 Å². The molecule has 3 N–H and O–H groups in total. The molecule has 0 radical (unpaired) electrons. The fourth-order valence-corrected chi connectivity index (χ4v) is 2.66. The summed E-state index contributed by atoms with van der Waals surface area (Å²) in [5.74, 6) is -0.00780. The van der Waals surface area contributed by atoms with Crippen LogP contribution in [0, 0.1) is 16.0 Å². The van der Waals surface area contributed by atoms with Gasteiger partial charge in [0, 0.05) is 28.7 Å². The van der Waals surface area contributed by atoms with Crippen molar-refractivity contribution in [1.29, 1.82) is 0 Å². The second-order valence-electron chi connectivity index (χ2n) is 5.74. The van der Waals surface area contributed by atoms with Crippen LogP contribution in [0.3, 0.4) is 0 Å². The van der Waals surface area contributed by atoms with Gasteiger partial charge in [-0.1, -0.05) is 13.8 Å². The van der Waals surface area contributed by atoms with E-state index in [1.807, 2.05) is 20.8 Å². The Morgan fingerprint density at radius 1 is 1.52 bits per heavy atom. The minimum atomic E-state index is -0.546. The molecule has 1 amide bonds. The highest BCUT2D eigenvalue weighted by atomic mass is 79.9. The first-order valence-corrected chi connectivity index (χ1v) is 7.44. The maximum absolute atomic E-state index is 12.4. The smallest absolute Gasteiger partial charge is 0.270 e. The van der Waals surface area contributed by atoms with E-state index in [1.54, 1.807) is 0 Å². The predicted molar refractivity (Wildman–Crippen MR) is 85.2 cm³/mol. The lowest BCUT2D eigenvalue weighted by molar-refractivity contribution is -0.384. The summed E-state index contributed by atoms with van der Waals surface area (Å²) in [6.07, 6.45) is 0.724. The Balaban J connectivity index is 3.03. The number of hydrogen-bond acceptors (Lipinski definition) is 4. The molecule has 1 rings (SSSR count). The lowest BCUT2D eigenvalue weighted by Gasteiger charge is -2.31. The van der Waals surface area contributed by atoms with Crippen LogP contribution in [0.4, 0.5) is 5.69 Å². The van der Waals surface area contributed by atoms with E-state index in [4.69, 9.17) is 5.73 Å². The molecule has 0 heterocycles. The Hall–Kier alpha value is -1.47. The van der Waals surface area contributed by atoms with Gasteiger partial charge in [0.25, 0.3) is 11.6 Å². The molecular weight excluding hydrogens is 338 g/mol. The van der Waals surface area contributed by atoms with E-state index in [0.29, 0.717) is 16.9 Å². The largest absolute Gasteiger partial charge is 0.346 e. The standard InChI is InChI=1S/C14H20BrN3O3/c1-9(2)7-14(3,8-16)17-13(19)11-6-10(18(20)21)4-5-12(11)15/h4-6,9H,7-8,16H2,1-3H3,(H,17,19). The monoisotopic (exact) mass is 357 g/mol. The van der Waals surface area contributed by atoms with E-state index >= 15 is 0 Å². The number of non-ortho nitro benzene ring substituents is 1. The zero-order chi connectivity index (χ0) is 16.2. The number of carbonyl (C=O) groups is 1. The molecule has 0 aliphatic carbocycles. The van der Waals surface area contributed by atoms with Gasteiger partial charge in [-0.15, -0.1) is 0 Å². The maximum atomic E-state index is 12.4. The lowest BCUT2D eigenvalue weighted by Crippen LogP contribution is -2.52. The molecule has 1 unspecified atom stereocenters. The number of nitrogens with one attached hydrogen (secondary N) is 1. The van der Waals surface area contributed by atoms with Crippen LogP contribution in [0.2, 0.25) is 0 Å². The zero-order valence-electron chi connectivity index (χ0n) is 12.4. The highest BCUT2D eigenvalue weighted by Gasteiger charge is 2.27. The number of hydrogen-bond donors (Lipinski definition) is 2. The molecule has 116 valence electrons. The minimum absolute atomic E-state index is 0.123. The van der Waals surface area contributed by atoms with Crippen molar-refractivity contribution in [2.24, 2.45) is 11.7 Å². The van der Waals surface area contributed by atoms with Crippen molar-refractivity contribution >= 4 is 27.5 Å². The van der Waals surface area contributed by atoms with E-state index in [1.165, 1.54) is 18.2 Å². The van der Waals surface area contributed by atoms with Gasteiger partial charge in [0.05, 0.1) is 10.5 Å². The van der Waals surface area contributed by atoms with Gasteiger partial charge in [-0.05, 0) is 41.3 Å². The van der Waals surface area contributed by atoms with Crippen molar-refractivity contribution in [3.05, 3.63) is 38.3 Å². The molecule has 0 saturated heterocycles. The van der Waals surface area contributed by atoms with Gasteiger partial charge >= 0.3 is 0 Å². The van der Waals surface area contributed by atoms with Crippen LogP contribution < -0.4 is 11.1 Å². The van der Waals surface area contributed by atoms with Gasteiger partial charge in [0.15, 0.2) is 0 Å². The molecular formula is C14H20BrN3O3. The van der Waals surface area contributed by atoms with Crippen LogP contribution >= 0.6 is 15.9 Å². The molecule has 7 heteroatoms. The summed E-state index contributed by atoms with van der Waals surface area (Å²) in [6.45, 7) is 6.26. The molecule has 6 nitrogen and oxygen atoms in total. The van der Waals surface area contributed by atoms with E-state index < -0.39 is 10.5 Å². The fourth-order valence-electron chi connectivity index (χ4n) is 2.23. The van der Waals surface area contributed by atoms with Crippen LogP contribution in [0.25, 0.3) is 0 Å². The third-order valence-corrected chi connectivity index (χ3v) is 3.82. The van der Waals surface area contributed by atoms with Crippen molar-refractivity contribution in [3.8, 4) is 0 Å². The number of carbonyl (C=O) groups excluding carboxylic acids is 1. The molecule has 0 aliphatic heterocycles. The summed E-state index contributed by atoms with van der Waals surface area (Å²) >= 11 is 3.25. The van der Waals surface area contributed by atoms with Crippen molar-refractivity contribution in [3.63, 3.8) is 0 Å². The first-order valence-electron chi connectivity index (χ1n) is 6.65. The molecule has 1 aromatic rings. The highest BCUT2D eigenvalue weighted by molar-refractivity contribution is 9.10. The molecule has 1 atom stereocenters. The average Bonchev–Trinajstić information content (AvgIpc) is 2.37. The van der Waals surface area contributed by atoms with E-state index in [0.717, 1.165) is 6.42 Å². The molecule has 0 aliphatic rings. The summed E-state index contributed by atoms with van der Waals surface area (Å²) < 4.78 is 0.509. The van der Waals surface area contributed by atoms with Crippen LogP contribution in [0.1, 0.15) is 37.6 Å². The maximum Gasteiger partial charge on any atom is 0.270 e. The van der Waals surface area contributed by atoms with Crippen LogP contribution in [-0.2, 0) is 0 Å². The van der Waals surface area contributed by atoms with Crippen molar-refractivity contribution in [2.45, 2.75) is 32.7 Å². The van der Waals surface area contributed by atoms with Gasteiger partial charge in [-0.2, -0.15) is 0 Å². The molecule has 0 fully saturated rings. The normalized spacial score (nSPS) is 13.8. The van der Waals surface area contributed by atoms with Gasteiger partial charge in [-0.3, -0.25) is 14.9 Å². The number of halogens is 1. The number of nitro benzene ring substituents is 1. The third kappa shape index (κ3) is 4.78. The van der Waals surface area contributed by atoms with Crippen molar-refractivity contribution in [1.82, 2.24) is 5.32 Å². The van der Waals surface area contributed by atoms with Crippen molar-refractivity contribution in [2.75, 3.05) is 6.54 Å². The number of nitrogens with zero attached hydrogens (tertiary/aromatic N) is 1. The second-order valence-corrected chi connectivity index (χ2v) is 6.59. The molecule has 0 spiro atoms. The number of amides is 1. The van der Waals surface area contributed by atoms with Gasteiger partial charge in [0.2, 0.25) is 0 Å². The Morgan fingerprint density at radius 2 is 2.14 bits per heavy atom. The van der Waals surface area contributed by atoms with E-state index in [2.05, 4.69) is 21.2 Å². The van der Waals surface area contributed by atoms with Gasteiger partial charge in [-0.25, -0.2) is 0 Å². The van der Waals surface area contributed by atoms with Gasteiger partial charge < -0.3 is 11.1 Å². The summed E-state index contributed by atoms with van der Waals surface area (Å²) in [5, 5.41) is 13.7. The number of nitrogens with two attached hydrogens (primary N) is 1. The highest BCUT2D eigenvalue weighted by Crippen LogP contribution is 2.24. The summed E-state index contributed by atoms with van der Waals surface area (Å²) in [5.41, 5.74) is 5.32. The average molecular weight is 358 g/mol. The molecule has 21 heavy (non-hydrogen) atoms. The Labute approximate surface area is 132 Å². The Kier molecular flexibility index (Phi) is 5.86. The number of benzene rings is 1. The van der Waals surface area contributed by atoms with E-state index in [-0.39, 0.29) is 17.2 Å². The zero-order valence-corrected chi connectivity index (χ0v) is 13.9. The van der Waals surface area contributed by atoms with Gasteiger partial charge in [0.1, 0.15) is 0 Å². The molecule has 0 aromatic heterocycles. The second kappa shape index (κ2) is 7.00. The lowest BCUT2D eigenvalue weighted by atomic mass is 9.90. The molecule has 1 aromatic carbocycles. The number of rotatable bonds is 6. The van der Waals surface area contributed by atoms with E-state index in [9.17, 15) is 14.9 Å². The first-order chi connectivity index (χ1) is 9.68.